The predicted molar refractivity (Wildman–Crippen MR) is 96.0 cm³/mol. The van der Waals surface area contributed by atoms with E-state index in [4.69, 9.17) is 9.47 Å². The molecule has 2 aromatic rings. The fourth-order valence-corrected chi connectivity index (χ4v) is 3.02. The molecular formula is C17H18INO3. The Labute approximate surface area is 144 Å². The highest BCUT2D eigenvalue weighted by Crippen LogP contribution is 2.33. The van der Waals surface area contributed by atoms with Crippen LogP contribution in [-0.4, -0.2) is 20.1 Å². The van der Waals surface area contributed by atoms with Crippen molar-refractivity contribution in [3.63, 3.8) is 0 Å². The van der Waals surface area contributed by atoms with E-state index in [0.29, 0.717) is 17.1 Å². The number of para-hydroxylation sites is 1. The minimum Gasteiger partial charge on any atom is -0.493 e. The highest BCUT2D eigenvalue weighted by atomic mass is 127. The number of amides is 1. The molecule has 0 aliphatic carbocycles. The van der Waals surface area contributed by atoms with Crippen LogP contribution in [0.2, 0.25) is 0 Å². The number of ether oxygens (including phenoxy) is 2. The number of hydrogen-bond acceptors (Lipinski definition) is 3. The maximum absolute atomic E-state index is 12.5. The maximum Gasteiger partial charge on any atom is 0.255 e. The molecule has 0 radical (unpaired) electrons. The Kier molecular flexibility index (Phi) is 5.65. The first-order valence-electron chi connectivity index (χ1n) is 6.91. The number of benzene rings is 2. The molecule has 116 valence electrons. The smallest absolute Gasteiger partial charge is 0.255 e. The van der Waals surface area contributed by atoms with Crippen molar-refractivity contribution in [3.8, 4) is 11.5 Å². The third-order valence-corrected chi connectivity index (χ3v) is 4.14. The van der Waals surface area contributed by atoms with E-state index in [1.807, 2.05) is 24.3 Å². The van der Waals surface area contributed by atoms with Crippen LogP contribution in [0.3, 0.4) is 0 Å². The first-order chi connectivity index (χ1) is 10.6. The monoisotopic (exact) mass is 411 g/mol. The van der Waals surface area contributed by atoms with E-state index >= 15 is 0 Å². The Morgan fingerprint density at radius 2 is 1.91 bits per heavy atom. The SMILES string of the molecule is CCc1ccccc1NC(=O)c1cc(I)c(OC)c(OC)c1. The number of carbonyl (C=O) groups is 1. The van der Waals surface area contributed by atoms with Gasteiger partial charge in [-0.3, -0.25) is 4.79 Å². The van der Waals surface area contributed by atoms with E-state index in [1.165, 1.54) is 0 Å². The van der Waals surface area contributed by atoms with Gasteiger partial charge in [0.1, 0.15) is 0 Å². The van der Waals surface area contributed by atoms with Crippen molar-refractivity contribution in [1.29, 1.82) is 0 Å². The van der Waals surface area contributed by atoms with Crippen molar-refractivity contribution in [1.82, 2.24) is 0 Å². The topological polar surface area (TPSA) is 47.6 Å². The molecular weight excluding hydrogens is 393 g/mol. The van der Waals surface area contributed by atoms with Crippen LogP contribution in [0.5, 0.6) is 11.5 Å². The van der Waals surface area contributed by atoms with Crippen molar-refractivity contribution < 1.29 is 14.3 Å². The molecule has 0 spiro atoms. The lowest BCUT2D eigenvalue weighted by Gasteiger charge is -2.13. The summed E-state index contributed by atoms with van der Waals surface area (Å²) in [5, 5.41) is 2.96. The molecule has 0 saturated carbocycles. The Morgan fingerprint density at radius 3 is 2.55 bits per heavy atom. The average molecular weight is 411 g/mol. The van der Waals surface area contributed by atoms with Gasteiger partial charge in [-0.15, -0.1) is 0 Å². The van der Waals surface area contributed by atoms with E-state index in [0.717, 1.165) is 21.2 Å². The lowest BCUT2D eigenvalue weighted by atomic mass is 10.1. The second-order valence-corrected chi connectivity index (χ2v) is 5.82. The van der Waals surface area contributed by atoms with Crippen LogP contribution < -0.4 is 14.8 Å². The van der Waals surface area contributed by atoms with Crippen LogP contribution in [0, 0.1) is 3.57 Å². The van der Waals surface area contributed by atoms with Gasteiger partial charge in [0.2, 0.25) is 0 Å². The molecule has 2 rings (SSSR count). The molecule has 22 heavy (non-hydrogen) atoms. The summed E-state index contributed by atoms with van der Waals surface area (Å²) in [5.41, 5.74) is 2.47. The summed E-state index contributed by atoms with van der Waals surface area (Å²) >= 11 is 2.13. The summed E-state index contributed by atoms with van der Waals surface area (Å²) in [6.07, 6.45) is 0.861. The quantitative estimate of drug-likeness (QED) is 0.754. The van der Waals surface area contributed by atoms with Crippen molar-refractivity contribution in [2.75, 3.05) is 19.5 Å². The molecule has 0 unspecified atom stereocenters. The van der Waals surface area contributed by atoms with E-state index in [1.54, 1.807) is 26.4 Å². The summed E-state index contributed by atoms with van der Waals surface area (Å²) < 4.78 is 11.4. The molecule has 0 fully saturated rings. The number of rotatable bonds is 5. The number of aryl methyl sites for hydroxylation is 1. The van der Waals surface area contributed by atoms with Gasteiger partial charge in [0.15, 0.2) is 11.5 Å². The summed E-state index contributed by atoms with van der Waals surface area (Å²) in [6, 6.07) is 11.3. The van der Waals surface area contributed by atoms with Crippen LogP contribution >= 0.6 is 22.6 Å². The largest absolute Gasteiger partial charge is 0.493 e. The number of hydrogen-bond donors (Lipinski definition) is 1. The van der Waals surface area contributed by atoms with Gasteiger partial charge in [0.25, 0.3) is 5.91 Å². The summed E-state index contributed by atoms with van der Waals surface area (Å²) in [7, 11) is 3.14. The first-order valence-corrected chi connectivity index (χ1v) is 7.99. The van der Waals surface area contributed by atoms with Gasteiger partial charge in [0, 0.05) is 11.3 Å². The molecule has 0 aliphatic rings. The first kappa shape index (κ1) is 16.6. The van der Waals surface area contributed by atoms with Gasteiger partial charge in [-0.2, -0.15) is 0 Å². The molecule has 0 aliphatic heterocycles. The zero-order chi connectivity index (χ0) is 16.1. The van der Waals surface area contributed by atoms with Crippen LogP contribution in [0.1, 0.15) is 22.8 Å². The van der Waals surface area contributed by atoms with E-state index in [2.05, 4.69) is 34.8 Å². The molecule has 0 aromatic heterocycles. The fourth-order valence-electron chi connectivity index (χ4n) is 2.19. The number of anilines is 1. The minimum absolute atomic E-state index is 0.167. The average Bonchev–Trinajstić information content (AvgIpc) is 2.54. The molecule has 0 bridgehead atoms. The molecule has 5 heteroatoms. The van der Waals surface area contributed by atoms with Crippen molar-refractivity contribution in [2.45, 2.75) is 13.3 Å². The van der Waals surface area contributed by atoms with Gasteiger partial charge in [-0.05, 0) is 52.8 Å². The van der Waals surface area contributed by atoms with Gasteiger partial charge >= 0.3 is 0 Å². The second kappa shape index (κ2) is 7.49. The standard InChI is InChI=1S/C17H18INO3/c1-4-11-7-5-6-8-14(11)19-17(20)12-9-13(18)16(22-3)15(10-12)21-2/h5-10H,4H2,1-3H3,(H,19,20). The Hall–Kier alpha value is -1.76. The van der Waals surface area contributed by atoms with Gasteiger partial charge < -0.3 is 14.8 Å². The van der Waals surface area contributed by atoms with E-state index < -0.39 is 0 Å². The summed E-state index contributed by atoms with van der Waals surface area (Å²) in [6.45, 7) is 2.06. The van der Waals surface area contributed by atoms with Crippen molar-refractivity contribution in [2.24, 2.45) is 0 Å². The number of nitrogens with one attached hydrogen (secondary N) is 1. The third kappa shape index (κ3) is 3.52. The lowest BCUT2D eigenvalue weighted by molar-refractivity contribution is 0.102. The van der Waals surface area contributed by atoms with Gasteiger partial charge in [0.05, 0.1) is 17.8 Å². The third-order valence-electron chi connectivity index (χ3n) is 3.34. The van der Waals surface area contributed by atoms with Crippen molar-refractivity contribution in [3.05, 3.63) is 51.1 Å². The van der Waals surface area contributed by atoms with Crippen LogP contribution in [0.25, 0.3) is 0 Å². The molecule has 4 nitrogen and oxygen atoms in total. The second-order valence-electron chi connectivity index (χ2n) is 4.66. The zero-order valence-corrected chi connectivity index (χ0v) is 14.9. The van der Waals surface area contributed by atoms with Crippen LogP contribution in [0.4, 0.5) is 5.69 Å². The van der Waals surface area contributed by atoms with Crippen LogP contribution in [-0.2, 0) is 6.42 Å². The van der Waals surface area contributed by atoms with Gasteiger partial charge in [-0.25, -0.2) is 0 Å². The highest BCUT2D eigenvalue weighted by Gasteiger charge is 2.15. The molecule has 1 amide bonds. The number of halogens is 1. The maximum atomic E-state index is 12.5. The number of carbonyl (C=O) groups excluding carboxylic acids is 1. The molecule has 2 aromatic carbocycles. The predicted octanol–water partition coefficient (Wildman–Crippen LogP) is 4.12. The lowest BCUT2D eigenvalue weighted by Crippen LogP contribution is -2.14. The summed E-state index contributed by atoms with van der Waals surface area (Å²) in [5.74, 6) is 1.01. The highest BCUT2D eigenvalue weighted by molar-refractivity contribution is 14.1. The molecule has 0 heterocycles. The van der Waals surface area contributed by atoms with Crippen LogP contribution in [0.15, 0.2) is 36.4 Å². The molecule has 1 N–H and O–H groups in total. The fraction of sp³-hybridized carbons (Fsp3) is 0.235. The number of methoxy groups -OCH3 is 2. The normalized spacial score (nSPS) is 10.2. The van der Waals surface area contributed by atoms with Gasteiger partial charge in [-0.1, -0.05) is 25.1 Å². The minimum atomic E-state index is -0.167. The Morgan fingerprint density at radius 1 is 1.18 bits per heavy atom. The molecule has 0 saturated heterocycles. The summed E-state index contributed by atoms with van der Waals surface area (Å²) in [4.78, 5) is 12.5. The zero-order valence-electron chi connectivity index (χ0n) is 12.8. The van der Waals surface area contributed by atoms with E-state index in [-0.39, 0.29) is 5.91 Å². The Balaban J connectivity index is 2.32. The molecule has 0 atom stereocenters. The van der Waals surface area contributed by atoms with Crippen molar-refractivity contribution >= 4 is 34.2 Å². The Bertz CT molecular complexity index is 686. The van der Waals surface area contributed by atoms with E-state index in [9.17, 15) is 4.79 Å².